The van der Waals surface area contributed by atoms with Gasteiger partial charge in [0.25, 0.3) is 0 Å². The minimum absolute atomic E-state index is 0.0915. The van der Waals surface area contributed by atoms with Gasteiger partial charge in [0.05, 0.1) is 5.54 Å². The molecule has 1 atom stereocenters. The predicted octanol–water partition coefficient (Wildman–Crippen LogP) is 3.02. The monoisotopic (exact) mass is 288 g/mol. The lowest BCUT2D eigenvalue weighted by Gasteiger charge is -2.41. The van der Waals surface area contributed by atoms with E-state index in [0.717, 1.165) is 25.9 Å². The number of piperidine rings is 1. The van der Waals surface area contributed by atoms with Crippen LogP contribution in [0.25, 0.3) is 0 Å². The number of nitrogens with zero attached hydrogens (tertiary/aromatic N) is 1. The number of likely N-dealkylation sites (tertiary alicyclic amines) is 1. The van der Waals surface area contributed by atoms with Gasteiger partial charge in [-0.1, -0.05) is 24.3 Å². The van der Waals surface area contributed by atoms with Gasteiger partial charge >= 0.3 is 6.09 Å². The van der Waals surface area contributed by atoms with Crippen LogP contribution in [0, 0.1) is 0 Å². The lowest BCUT2D eigenvalue weighted by atomic mass is 9.83. The number of fused-ring (bicyclic) bond motifs is 2. The van der Waals surface area contributed by atoms with E-state index in [1.165, 1.54) is 11.1 Å². The second kappa shape index (κ2) is 5.02. The molecule has 0 saturated carbocycles. The number of carbonyl (C=O) groups is 1. The number of ether oxygens (including phenoxy) is 1. The second-order valence-electron chi connectivity index (χ2n) is 7.10. The Kier molecular flexibility index (Phi) is 3.44. The summed E-state index contributed by atoms with van der Waals surface area (Å²) in [5.41, 5.74) is 2.16. The third-order valence-corrected chi connectivity index (χ3v) is 4.29. The summed E-state index contributed by atoms with van der Waals surface area (Å²) in [6.07, 6.45) is 1.87. The zero-order valence-corrected chi connectivity index (χ0v) is 13.1. The number of amides is 1. The standard InChI is InChI=1S/C17H24N2O2/c1-16(2,3)21-15(20)19-10-6-9-17(12-19)14-8-5-4-7-13(14)11-18-17/h4-5,7-8,18H,6,9-12H2,1-3H3. The van der Waals surface area contributed by atoms with Crippen LogP contribution in [-0.2, 0) is 16.8 Å². The number of carbonyl (C=O) groups excluding carboxylic acids is 1. The molecule has 2 aliphatic heterocycles. The van der Waals surface area contributed by atoms with E-state index < -0.39 is 5.60 Å². The van der Waals surface area contributed by atoms with Crippen molar-refractivity contribution in [2.24, 2.45) is 0 Å². The summed E-state index contributed by atoms with van der Waals surface area (Å²) in [7, 11) is 0. The van der Waals surface area contributed by atoms with E-state index >= 15 is 0 Å². The molecule has 0 aliphatic carbocycles. The number of nitrogens with one attached hydrogen (secondary N) is 1. The van der Waals surface area contributed by atoms with Crippen molar-refractivity contribution in [1.29, 1.82) is 0 Å². The fraction of sp³-hybridized carbons (Fsp3) is 0.588. The summed E-state index contributed by atoms with van der Waals surface area (Å²) < 4.78 is 5.53. The highest BCUT2D eigenvalue weighted by molar-refractivity contribution is 5.68. The van der Waals surface area contributed by atoms with Crippen LogP contribution in [0.15, 0.2) is 24.3 Å². The molecule has 1 amide bonds. The van der Waals surface area contributed by atoms with Gasteiger partial charge in [-0.15, -0.1) is 0 Å². The van der Waals surface area contributed by atoms with Gasteiger partial charge in [0.2, 0.25) is 0 Å². The third kappa shape index (κ3) is 2.77. The molecule has 1 spiro atoms. The van der Waals surface area contributed by atoms with E-state index in [2.05, 4.69) is 29.6 Å². The molecule has 114 valence electrons. The van der Waals surface area contributed by atoms with Crippen molar-refractivity contribution in [3.63, 3.8) is 0 Å². The lowest BCUT2D eigenvalue weighted by Crippen LogP contribution is -2.54. The molecule has 1 unspecified atom stereocenters. The van der Waals surface area contributed by atoms with E-state index in [1.54, 1.807) is 0 Å². The zero-order chi connectivity index (χ0) is 15.1. The van der Waals surface area contributed by atoms with Crippen molar-refractivity contribution >= 4 is 6.09 Å². The van der Waals surface area contributed by atoms with Crippen LogP contribution in [0.1, 0.15) is 44.7 Å². The molecule has 2 aliphatic rings. The first-order valence-corrected chi connectivity index (χ1v) is 7.71. The van der Waals surface area contributed by atoms with Crippen LogP contribution >= 0.6 is 0 Å². The minimum Gasteiger partial charge on any atom is -0.444 e. The van der Waals surface area contributed by atoms with Crippen molar-refractivity contribution in [3.8, 4) is 0 Å². The highest BCUT2D eigenvalue weighted by Gasteiger charge is 2.43. The molecule has 1 saturated heterocycles. The smallest absolute Gasteiger partial charge is 0.410 e. The Morgan fingerprint density at radius 2 is 2.10 bits per heavy atom. The van der Waals surface area contributed by atoms with Gasteiger partial charge in [0, 0.05) is 19.6 Å². The molecule has 3 rings (SSSR count). The first kappa shape index (κ1) is 14.4. The molecular weight excluding hydrogens is 264 g/mol. The average Bonchev–Trinajstić information content (AvgIpc) is 2.76. The van der Waals surface area contributed by atoms with Crippen molar-refractivity contribution in [3.05, 3.63) is 35.4 Å². The van der Waals surface area contributed by atoms with Crippen LogP contribution in [-0.4, -0.2) is 29.7 Å². The zero-order valence-electron chi connectivity index (χ0n) is 13.1. The third-order valence-electron chi connectivity index (χ3n) is 4.29. The summed E-state index contributed by atoms with van der Waals surface area (Å²) in [6.45, 7) is 8.09. The Morgan fingerprint density at radius 3 is 2.86 bits per heavy atom. The molecule has 2 heterocycles. The number of hydrogen-bond acceptors (Lipinski definition) is 3. The minimum atomic E-state index is -0.442. The normalized spacial score (nSPS) is 25.0. The van der Waals surface area contributed by atoms with Crippen molar-refractivity contribution in [2.75, 3.05) is 13.1 Å². The van der Waals surface area contributed by atoms with Crippen LogP contribution in [0.4, 0.5) is 4.79 Å². The van der Waals surface area contributed by atoms with Crippen molar-refractivity contribution in [1.82, 2.24) is 10.2 Å². The van der Waals surface area contributed by atoms with Crippen molar-refractivity contribution < 1.29 is 9.53 Å². The maximum atomic E-state index is 12.3. The fourth-order valence-electron chi connectivity index (χ4n) is 3.40. The Morgan fingerprint density at radius 1 is 1.33 bits per heavy atom. The molecule has 4 nitrogen and oxygen atoms in total. The average molecular weight is 288 g/mol. The highest BCUT2D eigenvalue weighted by atomic mass is 16.6. The second-order valence-corrected chi connectivity index (χ2v) is 7.10. The molecule has 0 radical (unpaired) electrons. The van der Waals surface area contributed by atoms with Crippen LogP contribution in [0.5, 0.6) is 0 Å². The fourth-order valence-corrected chi connectivity index (χ4v) is 3.40. The van der Waals surface area contributed by atoms with E-state index in [0.29, 0.717) is 6.54 Å². The molecule has 1 aromatic rings. The van der Waals surface area contributed by atoms with E-state index in [-0.39, 0.29) is 11.6 Å². The maximum Gasteiger partial charge on any atom is 0.410 e. The molecule has 0 bridgehead atoms. The molecule has 0 aromatic heterocycles. The molecule has 1 fully saturated rings. The summed E-state index contributed by atoms with van der Waals surface area (Å²) in [5, 5.41) is 3.64. The maximum absolute atomic E-state index is 12.3. The summed E-state index contributed by atoms with van der Waals surface area (Å²) in [4.78, 5) is 14.2. The molecule has 1 aromatic carbocycles. The van der Waals surface area contributed by atoms with Gasteiger partial charge in [-0.05, 0) is 44.7 Å². The summed E-state index contributed by atoms with van der Waals surface area (Å²) in [5.74, 6) is 0. The molecular formula is C17H24N2O2. The topological polar surface area (TPSA) is 41.6 Å². The Balaban J connectivity index is 1.80. The Bertz CT molecular complexity index is 546. The van der Waals surface area contributed by atoms with Gasteiger partial charge in [0.15, 0.2) is 0 Å². The largest absolute Gasteiger partial charge is 0.444 e. The first-order chi connectivity index (χ1) is 9.90. The SMILES string of the molecule is CC(C)(C)OC(=O)N1CCCC2(C1)NCc1ccccc12. The van der Waals surface area contributed by atoms with E-state index in [1.807, 2.05) is 25.7 Å². The van der Waals surface area contributed by atoms with E-state index in [9.17, 15) is 4.79 Å². The molecule has 4 heteroatoms. The Labute approximate surface area is 126 Å². The number of rotatable bonds is 0. The summed E-state index contributed by atoms with van der Waals surface area (Å²) in [6, 6.07) is 8.52. The molecule has 21 heavy (non-hydrogen) atoms. The van der Waals surface area contributed by atoms with Gasteiger partial charge in [-0.25, -0.2) is 4.79 Å². The van der Waals surface area contributed by atoms with Crippen LogP contribution in [0.2, 0.25) is 0 Å². The van der Waals surface area contributed by atoms with Gasteiger partial charge in [-0.2, -0.15) is 0 Å². The van der Waals surface area contributed by atoms with Crippen LogP contribution in [0.3, 0.4) is 0 Å². The number of benzene rings is 1. The predicted molar refractivity (Wildman–Crippen MR) is 82.0 cm³/mol. The quantitative estimate of drug-likeness (QED) is 0.798. The van der Waals surface area contributed by atoms with Gasteiger partial charge in [0.1, 0.15) is 5.60 Å². The Hall–Kier alpha value is -1.55. The van der Waals surface area contributed by atoms with Gasteiger partial charge < -0.3 is 15.0 Å². The summed E-state index contributed by atoms with van der Waals surface area (Å²) >= 11 is 0. The van der Waals surface area contributed by atoms with Crippen molar-refractivity contribution in [2.45, 2.75) is 51.3 Å². The van der Waals surface area contributed by atoms with Crippen LogP contribution < -0.4 is 5.32 Å². The lowest BCUT2D eigenvalue weighted by molar-refractivity contribution is 0.0113. The number of hydrogen-bond donors (Lipinski definition) is 1. The first-order valence-electron chi connectivity index (χ1n) is 7.71. The van der Waals surface area contributed by atoms with E-state index in [4.69, 9.17) is 4.74 Å². The highest BCUT2D eigenvalue weighted by Crippen LogP contribution is 2.38. The van der Waals surface area contributed by atoms with Gasteiger partial charge in [-0.3, -0.25) is 0 Å². The molecule has 1 N–H and O–H groups in total.